The van der Waals surface area contributed by atoms with Crippen LogP contribution in [0.4, 0.5) is 0 Å². The molecule has 28 heavy (non-hydrogen) atoms. The van der Waals surface area contributed by atoms with E-state index in [-0.39, 0.29) is 16.9 Å². The molecular weight excluding hydrogens is 380 g/mol. The molecular formula is C19H22N4O4S. The first kappa shape index (κ1) is 21.0. The Hall–Kier alpha value is -3.33. The zero-order chi connectivity index (χ0) is 20.4. The molecule has 0 spiro atoms. The molecule has 8 nitrogen and oxygen atoms in total. The molecule has 2 aromatic carbocycles. The van der Waals surface area contributed by atoms with Gasteiger partial charge in [-0.3, -0.25) is 31.3 Å². The summed E-state index contributed by atoms with van der Waals surface area (Å²) in [7, 11) is 0. The van der Waals surface area contributed by atoms with Crippen LogP contribution in [0.2, 0.25) is 0 Å². The molecule has 0 aliphatic heterocycles. The van der Waals surface area contributed by atoms with E-state index in [0.29, 0.717) is 35.8 Å². The average molecular weight is 402 g/mol. The minimum Gasteiger partial charge on any atom is -0.494 e. The van der Waals surface area contributed by atoms with Crippen molar-refractivity contribution in [3.05, 3.63) is 59.7 Å². The Morgan fingerprint density at radius 3 is 1.39 bits per heavy atom. The Kier molecular flexibility index (Phi) is 8.04. The van der Waals surface area contributed by atoms with Crippen LogP contribution in [0.3, 0.4) is 0 Å². The van der Waals surface area contributed by atoms with Crippen molar-refractivity contribution in [1.29, 1.82) is 0 Å². The molecule has 2 aromatic rings. The van der Waals surface area contributed by atoms with Gasteiger partial charge in [0, 0.05) is 11.1 Å². The predicted octanol–water partition coefficient (Wildman–Crippen LogP) is 1.94. The lowest BCUT2D eigenvalue weighted by Gasteiger charge is -2.13. The van der Waals surface area contributed by atoms with Crippen molar-refractivity contribution < 1.29 is 19.1 Å². The third-order valence-electron chi connectivity index (χ3n) is 3.43. The van der Waals surface area contributed by atoms with Gasteiger partial charge >= 0.3 is 0 Å². The summed E-state index contributed by atoms with van der Waals surface area (Å²) in [5.41, 5.74) is 10.7. The lowest BCUT2D eigenvalue weighted by atomic mass is 10.2. The van der Waals surface area contributed by atoms with E-state index in [1.165, 1.54) is 0 Å². The molecule has 148 valence electrons. The topological polar surface area (TPSA) is 101 Å². The van der Waals surface area contributed by atoms with E-state index in [2.05, 4.69) is 21.7 Å². The van der Waals surface area contributed by atoms with Crippen LogP contribution in [-0.2, 0) is 0 Å². The SMILES string of the molecule is CCOc1ccc(C(=O)NNC(=S)NNC(=O)c2ccc(OCC)cc2)cc1. The second-order valence-corrected chi connectivity index (χ2v) is 5.81. The van der Waals surface area contributed by atoms with E-state index in [1.807, 2.05) is 13.8 Å². The average Bonchev–Trinajstić information content (AvgIpc) is 2.72. The van der Waals surface area contributed by atoms with Crippen LogP contribution < -0.4 is 31.2 Å². The molecule has 0 unspecified atom stereocenters. The minimum absolute atomic E-state index is 0.0265. The van der Waals surface area contributed by atoms with Crippen LogP contribution >= 0.6 is 12.2 Å². The van der Waals surface area contributed by atoms with E-state index in [1.54, 1.807) is 48.5 Å². The molecule has 0 saturated carbocycles. The first-order chi connectivity index (χ1) is 13.5. The predicted molar refractivity (Wildman–Crippen MR) is 109 cm³/mol. The Bertz CT molecular complexity index is 742. The number of hydrogen-bond donors (Lipinski definition) is 4. The number of hydrogen-bond acceptors (Lipinski definition) is 5. The Morgan fingerprint density at radius 2 is 1.07 bits per heavy atom. The third-order valence-corrected chi connectivity index (χ3v) is 3.64. The minimum atomic E-state index is -0.384. The standard InChI is InChI=1S/C19H22N4O4S/c1-3-26-15-9-5-13(6-10-15)17(24)20-22-19(28)23-21-18(25)14-7-11-16(12-8-14)27-4-2/h5-12H,3-4H2,1-2H3,(H,20,24)(H,21,25)(H2,22,23,28). The molecule has 0 aliphatic carbocycles. The summed E-state index contributed by atoms with van der Waals surface area (Å²) in [5, 5.41) is 0.0265. The van der Waals surface area contributed by atoms with Crippen molar-refractivity contribution in [2.75, 3.05) is 13.2 Å². The summed E-state index contributed by atoms with van der Waals surface area (Å²) < 4.78 is 10.6. The summed E-state index contributed by atoms with van der Waals surface area (Å²) in [6.45, 7) is 4.87. The highest BCUT2D eigenvalue weighted by molar-refractivity contribution is 7.80. The molecule has 2 rings (SSSR count). The molecule has 0 saturated heterocycles. The van der Waals surface area contributed by atoms with Crippen LogP contribution in [-0.4, -0.2) is 30.1 Å². The molecule has 9 heteroatoms. The van der Waals surface area contributed by atoms with Crippen molar-refractivity contribution in [3.8, 4) is 11.5 Å². The molecule has 0 fully saturated rings. The smallest absolute Gasteiger partial charge is 0.269 e. The highest BCUT2D eigenvalue weighted by atomic mass is 32.1. The number of thiocarbonyl (C=S) groups is 1. The quantitative estimate of drug-likeness (QED) is 0.433. The van der Waals surface area contributed by atoms with Gasteiger partial charge in [-0.05, 0) is 74.6 Å². The van der Waals surface area contributed by atoms with Gasteiger partial charge in [-0.1, -0.05) is 0 Å². The van der Waals surface area contributed by atoms with Crippen LogP contribution in [0, 0.1) is 0 Å². The number of rotatable bonds is 6. The molecule has 0 aliphatic rings. The van der Waals surface area contributed by atoms with Crippen molar-refractivity contribution in [3.63, 3.8) is 0 Å². The maximum absolute atomic E-state index is 12.1. The second kappa shape index (κ2) is 10.7. The van der Waals surface area contributed by atoms with Crippen molar-refractivity contribution >= 4 is 29.1 Å². The van der Waals surface area contributed by atoms with Crippen LogP contribution in [0.15, 0.2) is 48.5 Å². The first-order valence-electron chi connectivity index (χ1n) is 8.65. The molecule has 0 atom stereocenters. The summed E-state index contributed by atoms with van der Waals surface area (Å²) in [5.74, 6) is 0.595. The summed E-state index contributed by atoms with van der Waals surface area (Å²) in [6, 6.07) is 13.3. The van der Waals surface area contributed by atoms with E-state index in [4.69, 9.17) is 21.7 Å². The molecule has 0 heterocycles. The number of carbonyl (C=O) groups excluding carboxylic acids is 2. The van der Waals surface area contributed by atoms with Gasteiger partial charge in [-0.25, -0.2) is 0 Å². The second-order valence-electron chi connectivity index (χ2n) is 5.40. The highest BCUT2D eigenvalue weighted by Gasteiger charge is 2.08. The van der Waals surface area contributed by atoms with Crippen molar-refractivity contribution in [2.45, 2.75) is 13.8 Å². The van der Waals surface area contributed by atoms with Crippen LogP contribution in [0.1, 0.15) is 34.6 Å². The van der Waals surface area contributed by atoms with Gasteiger partial charge in [-0.15, -0.1) is 0 Å². The largest absolute Gasteiger partial charge is 0.494 e. The van der Waals surface area contributed by atoms with Gasteiger partial charge in [0.05, 0.1) is 13.2 Å². The monoisotopic (exact) mass is 402 g/mol. The van der Waals surface area contributed by atoms with E-state index < -0.39 is 0 Å². The van der Waals surface area contributed by atoms with Crippen LogP contribution in [0.5, 0.6) is 11.5 Å². The molecule has 0 bridgehead atoms. The fourth-order valence-corrected chi connectivity index (χ4v) is 2.24. The fourth-order valence-electron chi connectivity index (χ4n) is 2.14. The molecule has 0 aromatic heterocycles. The summed E-state index contributed by atoms with van der Waals surface area (Å²) in [6.07, 6.45) is 0. The van der Waals surface area contributed by atoms with Crippen LogP contribution in [0.25, 0.3) is 0 Å². The number of nitrogens with one attached hydrogen (secondary N) is 4. The molecule has 2 amide bonds. The van der Waals surface area contributed by atoms with E-state index in [9.17, 15) is 9.59 Å². The van der Waals surface area contributed by atoms with Crippen molar-refractivity contribution in [2.24, 2.45) is 0 Å². The normalized spacial score (nSPS) is 9.79. The van der Waals surface area contributed by atoms with E-state index in [0.717, 1.165) is 0 Å². The maximum Gasteiger partial charge on any atom is 0.269 e. The Balaban J connectivity index is 1.75. The summed E-state index contributed by atoms with van der Waals surface area (Å²) >= 11 is 5.01. The first-order valence-corrected chi connectivity index (χ1v) is 9.06. The molecule has 4 N–H and O–H groups in total. The Labute approximate surface area is 168 Å². The zero-order valence-electron chi connectivity index (χ0n) is 15.6. The maximum atomic E-state index is 12.1. The van der Waals surface area contributed by atoms with Gasteiger partial charge in [0.25, 0.3) is 11.8 Å². The fraction of sp³-hybridized carbons (Fsp3) is 0.211. The number of ether oxygens (including phenoxy) is 2. The van der Waals surface area contributed by atoms with E-state index >= 15 is 0 Å². The Morgan fingerprint density at radius 1 is 0.714 bits per heavy atom. The van der Waals surface area contributed by atoms with Gasteiger partial charge < -0.3 is 9.47 Å². The lowest BCUT2D eigenvalue weighted by molar-refractivity contribution is 0.0943. The van der Waals surface area contributed by atoms with Gasteiger partial charge in [-0.2, -0.15) is 0 Å². The number of hydrazine groups is 2. The highest BCUT2D eigenvalue weighted by Crippen LogP contribution is 2.12. The van der Waals surface area contributed by atoms with Gasteiger partial charge in [0.2, 0.25) is 5.11 Å². The number of benzene rings is 2. The summed E-state index contributed by atoms with van der Waals surface area (Å²) in [4.78, 5) is 24.1. The van der Waals surface area contributed by atoms with Gasteiger partial charge in [0.1, 0.15) is 11.5 Å². The zero-order valence-corrected chi connectivity index (χ0v) is 16.4. The van der Waals surface area contributed by atoms with Gasteiger partial charge in [0.15, 0.2) is 0 Å². The third kappa shape index (κ3) is 6.44. The molecule has 0 radical (unpaired) electrons. The number of carbonyl (C=O) groups is 2. The van der Waals surface area contributed by atoms with Crippen molar-refractivity contribution in [1.82, 2.24) is 21.7 Å². The number of amides is 2. The lowest BCUT2D eigenvalue weighted by Crippen LogP contribution is -2.52.